The zero-order chi connectivity index (χ0) is 53.9. The number of esters is 2. The largest absolute Gasteiger partial charge is 0.491 e. The quantitative estimate of drug-likeness (QED) is 0.0413. The number of rotatable bonds is 54. The fourth-order valence-electron chi connectivity index (χ4n) is 6.12. The van der Waals surface area contributed by atoms with Crippen molar-refractivity contribution in [3.05, 3.63) is 83.9 Å². The lowest BCUT2D eigenvalue weighted by atomic mass is 10.0. The fraction of sp³-hybridized carbons (Fsp3) is 0.636. The molecule has 0 heterocycles. The summed E-state index contributed by atoms with van der Waals surface area (Å²) in [6, 6.07) is 21.0. The van der Waals surface area contributed by atoms with E-state index in [1.165, 1.54) is 0 Å². The van der Waals surface area contributed by atoms with Crippen molar-refractivity contribution in [3.63, 3.8) is 0 Å². The van der Waals surface area contributed by atoms with E-state index in [-0.39, 0.29) is 5.97 Å². The summed E-state index contributed by atoms with van der Waals surface area (Å²) in [5.74, 6) is 0.182. The van der Waals surface area contributed by atoms with Crippen molar-refractivity contribution in [1.82, 2.24) is 0 Å². The summed E-state index contributed by atoms with van der Waals surface area (Å²) in [5.41, 5.74) is 2.72. The van der Waals surface area contributed by atoms with E-state index >= 15 is 0 Å². The summed E-state index contributed by atoms with van der Waals surface area (Å²) in [4.78, 5) is 24.6. The first kappa shape index (κ1) is 66.0. The average Bonchev–Trinajstić information content (AvgIpc) is 3.44. The van der Waals surface area contributed by atoms with Crippen LogP contribution >= 0.6 is 0 Å². The van der Waals surface area contributed by atoms with Crippen LogP contribution in [0.5, 0.6) is 11.5 Å². The highest BCUT2D eigenvalue weighted by atomic mass is 16.6. The molecule has 3 aromatic carbocycles. The van der Waals surface area contributed by atoms with Gasteiger partial charge in [0.05, 0.1) is 223 Å². The molecule has 0 aromatic heterocycles. The number of hydrogen-bond acceptors (Lipinski definition) is 21. The molecule has 21 nitrogen and oxygen atoms in total. The van der Waals surface area contributed by atoms with E-state index in [1.807, 2.05) is 24.3 Å². The van der Waals surface area contributed by atoms with Gasteiger partial charge in [-0.2, -0.15) is 0 Å². The van der Waals surface area contributed by atoms with Crippen molar-refractivity contribution in [3.8, 4) is 22.6 Å². The van der Waals surface area contributed by atoms with E-state index in [0.717, 1.165) is 11.1 Å². The Morgan fingerprint density at radius 2 is 0.526 bits per heavy atom. The Kier molecular flexibility index (Phi) is 42.7. The SMILES string of the molecule is CCOC(=O)c1ccc(-c2ccc(OC(=O)c3ccc(OCCOCCOCCOCCOCCOCCOCCOCCOCCOCCOCCOCCOCCOCCOCCOCCOC)cc3)cc2)cc1. The first-order chi connectivity index (χ1) is 37.6. The molecule has 0 bridgehead atoms. The third kappa shape index (κ3) is 36.7. The average molecular weight is 1080 g/mol. The summed E-state index contributed by atoms with van der Waals surface area (Å²) in [5, 5.41) is 0. The molecule has 0 saturated heterocycles. The van der Waals surface area contributed by atoms with Crippen LogP contribution in [0.1, 0.15) is 27.6 Å². The number of ether oxygens (including phenoxy) is 19. The van der Waals surface area contributed by atoms with Gasteiger partial charge in [0.25, 0.3) is 0 Å². The number of benzene rings is 3. The third-order valence-electron chi connectivity index (χ3n) is 10.0. The van der Waals surface area contributed by atoms with Crippen molar-refractivity contribution >= 4 is 11.9 Å². The van der Waals surface area contributed by atoms with Crippen LogP contribution in [-0.2, 0) is 80.5 Å². The second kappa shape index (κ2) is 49.1. The molecule has 0 amide bonds. The Labute approximate surface area is 449 Å². The van der Waals surface area contributed by atoms with Crippen LogP contribution in [0.3, 0.4) is 0 Å². The van der Waals surface area contributed by atoms with Gasteiger partial charge >= 0.3 is 11.9 Å². The zero-order valence-corrected chi connectivity index (χ0v) is 44.8. The van der Waals surface area contributed by atoms with Crippen LogP contribution in [0.4, 0.5) is 0 Å². The van der Waals surface area contributed by atoms with Gasteiger partial charge in [-0.15, -0.1) is 0 Å². The lowest BCUT2D eigenvalue weighted by Gasteiger charge is -2.09. The van der Waals surface area contributed by atoms with Gasteiger partial charge in [0.2, 0.25) is 0 Å². The number of carbonyl (C=O) groups is 2. The standard InChI is InChI=1S/C55H84O21/c1-3-74-54(56)50-6-4-48(5-7-50)49-8-14-53(15-9-49)76-55(57)51-10-12-52(13-11-51)75-47-46-73-45-44-72-43-42-71-41-40-70-39-38-69-37-36-68-35-34-67-33-32-66-31-30-65-29-28-64-27-26-63-25-24-62-23-22-61-21-20-60-19-18-59-17-16-58-2/h4-15H,3,16-47H2,1-2H3. The van der Waals surface area contributed by atoms with Gasteiger partial charge in [-0.05, 0) is 66.6 Å². The van der Waals surface area contributed by atoms with Crippen molar-refractivity contribution < 1.29 is 99.6 Å². The molecule has 0 atom stereocenters. The summed E-state index contributed by atoms with van der Waals surface area (Å²) in [7, 11) is 1.64. The summed E-state index contributed by atoms with van der Waals surface area (Å²) < 4.78 is 104. The van der Waals surface area contributed by atoms with E-state index in [1.54, 1.807) is 62.6 Å². The van der Waals surface area contributed by atoms with Gasteiger partial charge in [0, 0.05) is 7.11 Å². The van der Waals surface area contributed by atoms with Gasteiger partial charge < -0.3 is 90.0 Å². The van der Waals surface area contributed by atoms with Gasteiger partial charge in [-0.3, -0.25) is 0 Å². The lowest BCUT2D eigenvalue weighted by Crippen LogP contribution is -2.16. The Morgan fingerprint density at radius 3 is 0.816 bits per heavy atom. The first-order valence-electron chi connectivity index (χ1n) is 26.1. The van der Waals surface area contributed by atoms with Gasteiger partial charge in [0.15, 0.2) is 0 Å². The Balaban J connectivity index is 0.944. The molecule has 21 heteroatoms. The Bertz CT molecular complexity index is 1770. The maximum atomic E-state index is 12.7. The Morgan fingerprint density at radius 1 is 0.289 bits per heavy atom. The van der Waals surface area contributed by atoms with Crippen molar-refractivity contribution in [2.45, 2.75) is 6.92 Å². The van der Waals surface area contributed by atoms with E-state index in [4.69, 9.17) is 90.0 Å². The van der Waals surface area contributed by atoms with Crippen LogP contribution in [0.2, 0.25) is 0 Å². The van der Waals surface area contributed by atoms with Crippen LogP contribution in [0.15, 0.2) is 72.8 Å². The Hall–Kier alpha value is -4.24. The van der Waals surface area contributed by atoms with Gasteiger partial charge in [-0.25, -0.2) is 9.59 Å². The molecular formula is C55H84O21. The summed E-state index contributed by atoms with van der Waals surface area (Å²) >= 11 is 0. The molecule has 0 saturated carbocycles. The monoisotopic (exact) mass is 1080 g/mol. The number of methoxy groups -OCH3 is 1. The zero-order valence-electron chi connectivity index (χ0n) is 44.8. The van der Waals surface area contributed by atoms with E-state index in [9.17, 15) is 9.59 Å². The molecule has 0 unspecified atom stereocenters. The van der Waals surface area contributed by atoms with Crippen molar-refractivity contribution in [1.29, 1.82) is 0 Å². The molecule has 3 aromatic rings. The summed E-state index contributed by atoms with van der Waals surface area (Å²) in [6.07, 6.45) is 0. The van der Waals surface area contributed by atoms with Crippen molar-refractivity contribution in [2.24, 2.45) is 0 Å². The van der Waals surface area contributed by atoms with Crippen LogP contribution in [-0.4, -0.2) is 237 Å². The molecule has 0 aliphatic rings. The number of carbonyl (C=O) groups excluding carboxylic acids is 2. The second-order valence-electron chi connectivity index (χ2n) is 15.8. The fourth-order valence-corrected chi connectivity index (χ4v) is 6.12. The maximum Gasteiger partial charge on any atom is 0.343 e. The molecule has 0 fully saturated rings. The molecule has 76 heavy (non-hydrogen) atoms. The summed E-state index contributed by atoms with van der Waals surface area (Å²) in [6.45, 7) is 17.6. The normalized spacial score (nSPS) is 11.3. The lowest BCUT2D eigenvalue weighted by molar-refractivity contribution is -0.0303. The minimum absolute atomic E-state index is 0.322. The molecule has 0 spiro atoms. The number of hydrogen-bond donors (Lipinski definition) is 0. The molecule has 0 N–H and O–H groups in total. The van der Waals surface area contributed by atoms with E-state index < -0.39 is 5.97 Å². The minimum Gasteiger partial charge on any atom is -0.491 e. The van der Waals surface area contributed by atoms with Crippen molar-refractivity contribution in [2.75, 3.05) is 225 Å². The van der Waals surface area contributed by atoms with E-state index in [0.29, 0.717) is 241 Å². The third-order valence-corrected chi connectivity index (χ3v) is 10.0. The second-order valence-corrected chi connectivity index (χ2v) is 15.8. The predicted octanol–water partition coefficient (Wildman–Crippen LogP) is 5.02. The first-order valence-corrected chi connectivity index (χ1v) is 26.1. The highest BCUT2D eigenvalue weighted by Crippen LogP contribution is 2.24. The highest BCUT2D eigenvalue weighted by Gasteiger charge is 2.11. The maximum absolute atomic E-state index is 12.7. The van der Waals surface area contributed by atoms with Gasteiger partial charge in [-0.1, -0.05) is 24.3 Å². The predicted molar refractivity (Wildman–Crippen MR) is 279 cm³/mol. The molecule has 0 aliphatic carbocycles. The molecular weight excluding hydrogens is 997 g/mol. The van der Waals surface area contributed by atoms with Crippen LogP contribution in [0.25, 0.3) is 11.1 Å². The smallest absolute Gasteiger partial charge is 0.343 e. The minimum atomic E-state index is -0.482. The molecule has 0 aliphatic heterocycles. The van der Waals surface area contributed by atoms with Crippen LogP contribution < -0.4 is 9.47 Å². The van der Waals surface area contributed by atoms with Crippen LogP contribution in [0, 0.1) is 0 Å². The topological polar surface area (TPSA) is 210 Å². The van der Waals surface area contributed by atoms with Gasteiger partial charge in [0.1, 0.15) is 18.1 Å². The highest BCUT2D eigenvalue weighted by molar-refractivity contribution is 5.91. The molecule has 0 radical (unpaired) electrons. The molecule has 3 rings (SSSR count). The molecule has 430 valence electrons. The van der Waals surface area contributed by atoms with E-state index in [2.05, 4.69) is 0 Å².